The van der Waals surface area contributed by atoms with Crippen LogP contribution in [0, 0.1) is 0 Å². The van der Waals surface area contributed by atoms with Crippen LogP contribution in [-0.2, 0) is 15.1 Å². The molecule has 0 aliphatic carbocycles. The van der Waals surface area contributed by atoms with Crippen LogP contribution in [0.1, 0.15) is 27.7 Å². The first-order valence-corrected chi connectivity index (χ1v) is 6.26. The van der Waals surface area contributed by atoms with E-state index >= 15 is 0 Å². The third-order valence-corrected chi connectivity index (χ3v) is 3.31. The molecule has 1 aromatic heterocycles. The maximum absolute atomic E-state index is 12.6. The fraction of sp³-hybridized carbons (Fsp3) is 0.692. The number of carbonyl (C=O) groups is 1. The van der Waals surface area contributed by atoms with Crippen LogP contribution in [0.4, 0.5) is 0 Å². The number of rotatable bonds is 2. The van der Waals surface area contributed by atoms with Gasteiger partial charge in [-0.3, -0.25) is 9.48 Å². The van der Waals surface area contributed by atoms with Crippen molar-refractivity contribution in [3.05, 3.63) is 18.5 Å². The van der Waals surface area contributed by atoms with Crippen molar-refractivity contribution >= 4 is 5.91 Å². The van der Waals surface area contributed by atoms with Crippen LogP contribution in [-0.4, -0.2) is 45.9 Å². The number of morpholine rings is 1. The summed E-state index contributed by atoms with van der Waals surface area (Å²) in [4.78, 5) is 14.5. The molecular formula is C13H21N3O2. The van der Waals surface area contributed by atoms with Crippen molar-refractivity contribution in [2.45, 2.75) is 38.8 Å². The number of carbonyl (C=O) groups excluding carboxylic acids is 1. The zero-order valence-corrected chi connectivity index (χ0v) is 11.5. The van der Waals surface area contributed by atoms with Gasteiger partial charge < -0.3 is 9.64 Å². The predicted octanol–water partition coefficient (Wildman–Crippen LogP) is 1.26. The molecule has 1 aromatic rings. The van der Waals surface area contributed by atoms with E-state index in [0.717, 1.165) is 0 Å². The number of amides is 1. The lowest BCUT2D eigenvalue weighted by Crippen LogP contribution is -2.56. The van der Waals surface area contributed by atoms with Crippen molar-refractivity contribution in [2.75, 3.05) is 19.7 Å². The maximum Gasteiger partial charge on any atom is 0.250 e. The molecule has 5 heteroatoms. The number of hydrogen-bond acceptors (Lipinski definition) is 3. The minimum atomic E-state index is -0.656. The molecule has 0 atom stereocenters. The Balaban J connectivity index is 2.16. The molecular weight excluding hydrogens is 230 g/mol. The van der Waals surface area contributed by atoms with E-state index in [4.69, 9.17) is 4.74 Å². The van der Waals surface area contributed by atoms with Gasteiger partial charge in [0.05, 0.1) is 12.2 Å². The van der Waals surface area contributed by atoms with Crippen LogP contribution in [0.15, 0.2) is 18.5 Å². The van der Waals surface area contributed by atoms with Crippen LogP contribution in [0.5, 0.6) is 0 Å². The topological polar surface area (TPSA) is 47.4 Å². The van der Waals surface area contributed by atoms with Crippen LogP contribution in [0.25, 0.3) is 0 Å². The highest BCUT2D eigenvalue weighted by atomic mass is 16.5. The summed E-state index contributed by atoms with van der Waals surface area (Å²) in [6.45, 7) is 9.66. The molecule has 1 saturated heterocycles. The highest BCUT2D eigenvalue weighted by molar-refractivity contribution is 5.83. The molecule has 0 saturated carbocycles. The van der Waals surface area contributed by atoms with E-state index < -0.39 is 5.54 Å². The van der Waals surface area contributed by atoms with Gasteiger partial charge in [0.1, 0.15) is 5.54 Å². The smallest absolute Gasteiger partial charge is 0.250 e. The zero-order valence-electron chi connectivity index (χ0n) is 11.5. The number of hydrogen-bond donors (Lipinski definition) is 0. The third kappa shape index (κ3) is 2.41. The Kier molecular flexibility index (Phi) is 3.19. The molecule has 1 aliphatic heterocycles. The van der Waals surface area contributed by atoms with Crippen molar-refractivity contribution < 1.29 is 9.53 Å². The molecule has 1 amide bonds. The lowest BCUT2D eigenvalue weighted by atomic mass is 10.0. The fourth-order valence-electron chi connectivity index (χ4n) is 2.27. The van der Waals surface area contributed by atoms with Gasteiger partial charge in [0, 0.05) is 25.5 Å². The molecule has 0 radical (unpaired) electrons. The molecule has 2 rings (SSSR count). The molecule has 1 aliphatic rings. The predicted molar refractivity (Wildman–Crippen MR) is 68.2 cm³/mol. The lowest BCUT2D eigenvalue weighted by molar-refractivity contribution is -0.154. The SMILES string of the molecule is CC1(C)CN(C(=O)C(C)(C)n2cccn2)CCO1. The average Bonchev–Trinajstić information content (AvgIpc) is 2.80. The summed E-state index contributed by atoms with van der Waals surface area (Å²) in [5.74, 6) is 0.0857. The van der Waals surface area contributed by atoms with E-state index in [1.165, 1.54) is 0 Å². The van der Waals surface area contributed by atoms with Crippen molar-refractivity contribution in [1.82, 2.24) is 14.7 Å². The number of nitrogens with zero attached hydrogens (tertiary/aromatic N) is 3. The van der Waals surface area contributed by atoms with Crippen molar-refractivity contribution in [1.29, 1.82) is 0 Å². The quantitative estimate of drug-likeness (QED) is 0.795. The van der Waals surface area contributed by atoms with Crippen LogP contribution in [0.3, 0.4) is 0 Å². The maximum atomic E-state index is 12.6. The van der Waals surface area contributed by atoms with Gasteiger partial charge >= 0.3 is 0 Å². The van der Waals surface area contributed by atoms with Crippen LogP contribution < -0.4 is 0 Å². The minimum Gasteiger partial charge on any atom is -0.372 e. The van der Waals surface area contributed by atoms with Gasteiger partial charge in [-0.25, -0.2) is 0 Å². The van der Waals surface area contributed by atoms with Gasteiger partial charge in [-0.1, -0.05) is 0 Å². The molecule has 0 unspecified atom stereocenters. The van der Waals surface area contributed by atoms with E-state index in [9.17, 15) is 4.79 Å². The first-order chi connectivity index (χ1) is 8.33. The summed E-state index contributed by atoms with van der Waals surface area (Å²) in [6, 6.07) is 1.83. The van der Waals surface area contributed by atoms with Gasteiger partial charge in [0.2, 0.25) is 5.91 Å². The standard InChI is InChI=1S/C13H21N3O2/c1-12(2)10-15(8-9-18-12)11(17)13(3,4)16-7-5-6-14-16/h5-7H,8-10H2,1-4H3. The molecule has 0 spiro atoms. The van der Waals surface area contributed by atoms with Gasteiger partial charge in [0.25, 0.3) is 0 Å². The van der Waals surface area contributed by atoms with Gasteiger partial charge in [-0.15, -0.1) is 0 Å². The second kappa shape index (κ2) is 4.39. The summed E-state index contributed by atoms with van der Waals surface area (Å²) in [5, 5.41) is 4.18. The summed E-state index contributed by atoms with van der Waals surface area (Å²) in [5.41, 5.74) is -0.926. The summed E-state index contributed by atoms with van der Waals surface area (Å²) in [6.07, 6.45) is 3.52. The van der Waals surface area contributed by atoms with Crippen LogP contribution in [0.2, 0.25) is 0 Å². The summed E-state index contributed by atoms with van der Waals surface area (Å²) >= 11 is 0. The second-order valence-corrected chi connectivity index (χ2v) is 5.84. The van der Waals surface area contributed by atoms with E-state index in [1.807, 2.05) is 44.9 Å². The number of ether oxygens (including phenoxy) is 1. The molecule has 2 heterocycles. The Hall–Kier alpha value is -1.36. The Labute approximate surface area is 108 Å². The zero-order chi connectivity index (χ0) is 13.4. The third-order valence-electron chi connectivity index (χ3n) is 3.31. The van der Waals surface area contributed by atoms with Crippen molar-refractivity contribution in [3.8, 4) is 0 Å². The summed E-state index contributed by atoms with van der Waals surface area (Å²) in [7, 11) is 0. The van der Waals surface area contributed by atoms with Crippen molar-refractivity contribution in [2.24, 2.45) is 0 Å². The second-order valence-electron chi connectivity index (χ2n) is 5.84. The molecule has 18 heavy (non-hydrogen) atoms. The molecule has 100 valence electrons. The van der Waals surface area contributed by atoms with Gasteiger partial charge in [0.15, 0.2) is 0 Å². The fourth-order valence-corrected chi connectivity index (χ4v) is 2.27. The Morgan fingerprint density at radius 3 is 2.72 bits per heavy atom. The van der Waals surface area contributed by atoms with Crippen molar-refractivity contribution in [3.63, 3.8) is 0 Å². The monoisotopic (exact) mass is 251 g/mol. The highest BCUT2D eigenvalue weighted by Crippen LogP contribution is 2.22. The Bertz CT molecular complexity index is 423. The highest BCUT2D eigenvalue weighted by Gasteiger charge is 2.38. The first-order valence-electron chi connectivity index (χ1n) is 6.26. The summed E-state index contributed by atoms with van der Waals surface area (Å²) < 4.78 is 7.34. The van der Waals surface area contributed by atoms with Gasteiger partial charge in [-0.2, -0.15) is 5.10 Å². The normalized spacial score (nSPS) is 19.9. The lowest BCUT2D eigenvalue weighted by Gasteiger charge is -2.41. The Morgan fingerprint density at radius 1 is 1.44 bits per heavy atom. The number of aromatic nitrogens is 2. The Morgan fingerprint density at radius 2 is 2.17 bits per heavy atom. The van der Waals surface area contributed by atoms with E-state index in [1.54, 1.807) is 10.9 Å². The molecule has 1 fully saturated rings. The molecule has 0 aromatic carbocycles. The van der Waals surface area contributed by atoms with E-state index in [2.05, 4.69) is 5.10 Å². The van der Waals surface area contributed by atoms with E-state index in [-0.39, 0.29) is 11.5 Å². The van der Waals surface area contributed by atoms with Gasteiger partial charge in [-0.05, 0) is 33.8 Å². The minimum absolute atomic E-state index is 0.0857. The molecule has 0 bridgehead atoms. The largest absolute Gasteiger partial charge is 0.372 e. The molecule has 0 N–H and O–H groups in total. The average molecular weight is 251 g/mol. The van der Waals surface area contributed by atoms with Crippen LogP contribution >= 0.6 is 0 Å². The van der Waals surface area contributed by atoms with E-state index in [0.29, 0.717) is 19.7 Å². The molecule has 5 nitrogen and oxygen atoms in total. The first kappa shape index (κ1) is 13.1.